The van der Waals surface area contributed by atoms with Crippen molar-refractivity contribution in [3.05, 3.63) is 23.8 Å². The van der Waals surface area contributed by atoms with Gasteiger partial charge in [0.05, 0.1) is 18.1 Å². The van der Waals surface area contributed by atoms with E-state index >= 15 is 0 Å². The SMILES string of the molecule is COCCCOc1cc([C@@](C)(C[C@H](O)[C@@H](N)C[C@H](C)C(C)C)C(=O)O)ccc1OCCN. The van der Waals surface area contributed by atoms with Crippen molar-refractivity contribution in [1.82, 2.24) is 0 Å². The predicted octanol–water partition coefficient (Wildman–Crippen LogP) is 2.54. The van der Waals surface area contributed by atoms with Crippen LogP contribution in [-0.2, 0) is 14.9 Å². The lowest BCUT2D eigenvalue weighted by atomic mass is 9.75. The summed E-state index contributed by atoms with van der Waals surface area (Å²) in [6.07, 6.45) is 0.320. The Labute approximate surface area is 192 Å². The van der Waals surface area contributed by atoms with Gasteiger partial charge in [-0.05, 0) is 49.3 Å². The summed E-state index contributed by atoms with van der Waals surface area (Å²) in [5, 5.41) is 20.8. The molecule has 0 aliphatic carbocycles. The molecule has 4 atom stereocenters. The van der Waals surface area contributed by atoms with E-state index in [2.05, 4.69) is 20.8 Å². The molecule has 0 aliphatic heterocycles. The number of aliphatic carboxylic acids is 1. The maximum atomic E-state index is 12.3. The third-order valence-electron chi connectivity index (χ3n) is 6.07. The van der Waals surface area contributed by atoms with Crippen LogP contribution in [-0.4, -0.2) is 61.8 Å². The minimum Gasteiger partial charge on any atom is -0.490 e. The third-order valence-corrected chi connectivity index (χ3v) is 6.07. The van der Waals surface area contributed by atoms with Gasteiger partial charge in [0.15, 0.2) is 11.5 Å². The van der Waals surface area contributed by atoms with Crippen molar-refractivity contribution in [3.63, 3.8) is 0 Å². The normalized spacial score (nSPS) is 16.3. The van der Waals surface area contributed by atoms with Crippen LogP contribution in [0.1, 0.15) is 52.5 Å². The number of aliphatic hydroxyl groups excluding tert-OH is 1. The fraction of sp³-hybridized carbons (Fsp3) is 0.708. The topological polar surface area (TPSA) is 137 Å². The van der Waals surface area contributed by atoms with Crippen LogP contribution in [0.2, 0.25) is 0 Å². The Morgan fingerprint density at radius 2 is 1.78 bits per heavy atom. The summed E-state index contributed by atoms with van der Waals surface area (Å²) in [6.45, 7) is 9.48. The Hall–Kier alpha value is -1.87. The molecule has 0 amide bonds. The lowest BCUT2D eigenvalue weighted by Crippen LogP contribution is -2.44. The van der Waals surface area contributed by atoms with E-state index in [1.807, 2.05) is 0 Å². The predicted molar refractivity (Wildman–Crippen MR) is 125 cm³/mol. The van der Waals surface area contributed by atoms with Gasteiger partial charge in [-0.3, -0.25) is 4.79 Å². The van der Waals surface area contributed by atoms with Crippen LogP contribution in [0.3, 0.4) is 0 Å². The van der Waals surface area contributed by atoms with E-state index in [0.717, 1.165) is 0 Å². The van der Waals surface area contributed by atoms with Gasteiger partial charge < -0.3 is 35.9 Å². The highest BCUT2D eigenvalue weighted by atomic mass is 16.5. The first kappa shape index (κ1) is 28.2. The van der Waals surface area contributed by atoms with Crippen molar-refractivity contribution < 1.29 is 29.2 Å². The molecule has 0 radical (unpaired) electrons. The highest BCUT2D eigenvalue weighted by Gasteiger charge is 2.39. The van der Waals surface area contributed by atoms with Crippen LogP contribution >= 0.6 is 0 Å². The average molecular weight is 455 g/mol. The van der Waals surface area contributed by atoms with Crippen molar-refractivity contribution in [1.29, 1.82) is 0 Å². The maximum Gasteiger partial charge on any atom is 0.313 e. The number of rotatable bonds is 16. The summed E-state index contributed by atoms with van der Waals surface area (Å²) >= 11 is 0. The molecule has 0 saturated heterocycles. The van der Waals surface area contributed by atoms with Gasteiger partial charge in [0.1, 0.15) is 6.61 Å². The van der Waals surface area contributed by atoms with Crippen LogP contribution in [0.4, 0.5) is 0 Å². The summed E-state index contributed by atoms with van der Waals surface area (Å²) < 4.78 is 16.6. The van der Waals surface area contributed by atoms with Crippen LogP contribution in [0.25, 0.3) is 0 Å². The second kappa shape index (κ2) is 13.6. The summed E-state index contributed by atoms with van der Waals surface area (Å²) in [4.78, 5) is 12.3. The van der Waals surface area contributed by atoms with Crippen molar-refractivity contribution in [2.75, 3.05) is 33.5 Å². The minimum atomic E-state index is -1.35. The largest absolute Gasteiger partial charge is 0.490 e. The first-order valence-electron chi connectivity index (χ1n) is 11.3. The van der Waals surface area contributed by atoms with Gasteiger partial charge >= 0.3 is 5.97 Å². The Bertz CT molecular complexity index is 699. The Morgan fingerprint density at radius 1 is 1.12 bits per heavy atom. The number of carboxylic acids is 1. The molecular weight excluding hydrogens is 412 g/mol. The van der Waals surface area contributed by atoms with Gasteiger partial charge in [0, 0.05) is 32.7 Å². The van der Waals surface area contributed by atoms with Gasteiger partial charge in [-0.1, -0.05) is 26.8 Å². The van der Waals surface area contributed by atoms with Crippen LogP contribution < -0.4 is 20.9 Å². The number of carbonyl (C=O) groups is 1. The monoisotopic (exact) mass is 454 g/mol. The number of carboxylic acid groups (broad SMARTS) is 1. The molecule has 0 spiro atoms. The molecule has 1 rings (SSSR count). The van der Waals surface area contributed by atoms with Gasteiger partial charge in [-0.25, -0.2) is 0 Å². The lowest BCUT2D eigenvalue weighted by Gasteiger charge is -2.32. The third kappa shape index (κ3) is 8.24. The molecule has 0 aromatic heterocycles. The van der Waals surface area contributed by atoms with E-state index in [1.165, 1.54) is 0 Å². The van der Waals surface area contributed by atoms with Crippen LogP contribution in [0, 0.1) is 11.8 Å². The molecule has 8 heteroatoms. The number of ether oxygens (including phenoxy) is 3. The number of nitrogens with two attached hydrogens (primary N) is 2. The molecular formula is C24H42N2O6. The number of methoxy groups -OCH3 is 1. The second-order valence-electron chi connectivity index (χ2n) is 9.02. The van der Waals surface area contributed by atoms with Crippen molar-refractivity contribution >= 4 is 5.97 Å². The molecule has 1 aromatic carbocycles. The molecule has 0 aliphatic rings. The van der Waals surface area contributed by atoms with E-state index in [1.54, 1.807) is 32.2 Å². The number of benzene rings is 1. The lowest BCUT2D eigenvalue weighted by molar-refractivity contribution is -0.144. The van der Waals surface area contributed by atoms with E-state index in [9.17, 15) is 15.0 Å². The maximum absolute atomic E-state index is 12.3. The second-order valence-corrected chi connectivity index (χ2v) is 9.02. The number of aliphatic hydroxyl groups is 1. The van der Waals surface area contributed by atoms with Gasteiger partial charge in [-0.15, -0.1) is 0 Å². The molecule has 0 fully saturated rings. The number of hydrogen-bond acceptors (Lipinski definition) is 7. The highest BCUT2D eigenvalue weighted by molar-refractivity contribution is 5.81. The van der Waals surface area contributed by atoms with Gasteiger partial charge in [0.25, 0.3) is 0 Å². The molecule has 0 heterocycles. The summed E-state index contributed by atoms with van der Waals surface area (Å²) in [5.74, 6) is 0.639. The zero-order valence-corrected chi connectivity index (χ0v) is 20.2. The van der Waals surface area contributed by atoms with Crippen LogP contribution in [0.5, 0.6) is 11.5 Å². The fourth-order valence-electron chi connectivity index (χ4n) is 3.39. The first-order valence-corrected chi connectivity index (χ1v) is 11.3. The summed E-state index contributed by atoms with van der Waals surface area (Å²) in [7, 11) is 1.62. The molecule has 184 valence electrons. The van der Waals surface area contributed by atoms with E-state index in [4.69, 9.17) is 25.7 Å². The standard InChI is InChI=1S/C24H42N2O6/c1-16(2)17(3)13-19(26)20(27)15-24(4,23(28)29)18-7-8-21(32-12-9-25)22(14-18)31-11-6-10-30-5/h7-8,14,16-17,19-20,27H,6,9-13,15,25-26H2,1-5H3,(H,28,29)/t17-,19-,20-,24+/m0/s1. The smallest absolute Gasteiger partial charge is 0.313 e. The molecule has 6 N–H and O–H groups in total. The molecule has 0 saturated carbocycles. The molecule has 1 aromatic rings. The molecule has 8 nitrogen and oxygen atoms in total. The molecule has 0 unspecified atom stereocenters. The van der Waals surface area contributed by atoms with E-state index < -0.39 is 23.5 Å². The summed E-state index contributed by atoms with van der Waals surface area (Å²) in [5.41, 5.74) is 10.9. The van der Waals surface area contributed by atoms with E-state index in [-0.39, 0.29) is 6.42 Å². The van der Waals surface area contributed by atoms with Crippen molar-refractivity contribution in [3.8, 4) is 11.5 Å². The van der Waals surface area contributed by atoms with E-state index in [0.29, 0.717) is 68.1 Å². The first-order chi connectivity index (χ1) is 15.1. The molecule has 32 heavy (non-hydrogen) atoms. The zero-order valence-electron chi connectivity index (χ0n) is 20.2. The quantitative estimate of drug-likeness (QED) is 0.280. The molecule has 0 bridgehead atoms. The Balaban J connectivity index is 3.13. The van der Waals surface area contributed by atoms with Gasteiger partial charge in [-0.2, -0.15) is 0 Å². The van der Waals surface area contributed by atoms with Crippen molar-refractivity contribution in [2.24, 2.45) is 23.3 Å². The average Bonchev–Trinajstić information content (AvgIpc) is 2.75. The van der Waals surface area contributed by atoms with Crippen LogP contribution in [0.15, 0.2) is 18.2 Å². The summed E-state index contributed by atoms with van der Waals surface area (Å²) in [6, 6.07) is 4.53. The Morgan fingerprint density at radius 3 is 2.34 bits per heavy atom. The minimum absolute atomic E-state index is 0.0135. The zero-order chi connectivity index (χ0) is 24.3. The van der Waals surface area contributed by atoms with Crippen molar-refractivity contribution in [2.45, 2.75) is 64.5 Å². The number of hydrogen-bond donors (Lipinski definition) is 4. The van der Waals surface area contributed by atoms with Gasteiger partial charge in [0.2, 0.25) is 0 Å². The highest BCUT2D eigenvalue weighted by Crippen LogP contribution is 2.37. The fourth-order valence-corrected chi connectivity index (χ4v) is 3.39. The Kier molecular flexibility index (Phi) is 12.0.